The highest BCUT2D eigenvalue weighted by Gasteiger charge is 2.09. The van der Waals surface area contributed by atoms with Crippen LogP contribution in [0.15, 0.2) is 57.4 Å². The van der Waals surface area contributed by atoms with Gasteiger partial charge >= 0.3 is 0 Å². The predicted molar refractivity (Wildman–Crippen MR) is 78.2 cm³/mol. The van der Waals surface area contributed by atoms with Crippen molar-refractivity contribution in [3.63, 3.8) is 0 Å². The van der Waals surface area contributed by atoms with Gasteiger partial charge in [-0.2, -0.15) is 0 Å². The lowest BCUT2D eigenvalue weighted by Crippen LogP contribution is -1.95. The Kier molecular flexibility index (Phi) is 3.96. The van der Waals surface area contributed by atoms with E-state index in [1.54, 1.807) is 12.1 Å². The molecule has 0 saturated carbocycles. The molecule has 1 aromatic heterocycles. The van der Waals surface area contributed by atoms with E-state index in [1.807, 2.05) is 24.3 Å². The predicted octanol–water partition coefficient (Wildman–Crippen LogP) is 4.22. The van der Waals surface area contributed by atoms with Crippen LogP contribution < -0.4 is 4.74 Å². The maximum absolute atomic E-state index is 13.0. The molecule has 0 bridgehead atoms. The van der Waals surface area contributed by atoms with Gasteiger partial charge in [-0.3, -0.25) is 0 Å². The summed E-state index contributed by atoms with van der Waals surface area (Å²) in [6, 6.07) is 13.4. The molecule has 0 aliphatic carbocycles. The van der Waals surface area contributed by atoms with Gasteiger partial charge in [0.1, 0.15) is 11.6 Å². The van der Waals surface area contributed by atoms with Crippen LogP contribution in [-0.4, -0.2) is 10.2 Å². The lowest BCUT2D eigenvalue weighted by atomic mass is 10.2. The number of benzene rings is 2. The molecular formula is C15H10BrFN2O2. The highest BCUT2D eigenvalue weighted by Crippen LogP contribution is 2.21. The van der Waals surface area contributed by atoms with Crippen LogP contribution in [0.1, 0.15) is 5.89 Å². The molecule has 0 atom stereocenters. The van der Waals surface area contributed by atoms with E-state index in [0.717, 1.165) is 10.0 Å². The largest absolute Gasteiger partial charge is 0.484 e. The summed E-state index contributed by atoms with van der Waals surface area (Å²) in [5, 5.41) is 7.87. The molecule has 21 heavy (non-hydrogen) atoms. The molecule has 0 aliphatic rings. The van der Waals surface area contributed by atoms with E-state index in [0.29, 0.717) is 17.5 Å². The summed E-state index contributed by atoms with van der Waals surface area (Å²) in [7, 11) is 0. The second kappa shape index (κ2) is 6.05. The summed E-state index contributed by atoms with van der Waals surface area (Å²) < 4.78 is 24.9. The summed E-state index contributed by atoms with van der Waals surface area (Å²) in [5.41, 5.74) is 0.822. The van der Waals surface area contributed by atoms with E-state index in [4.69, 9.17) is 9.15 Å². The molecule has 0 spiro atoms. The summed E-state index contributed by atoms with van der Waals surface area (Å²) in [6.07, 6.45) is 0. The molecule has 0 amide bonds. The van der Waals surface area contributed by atoms with Gasteiger partial charge in [-0.15, -0.1) is 10.2 Å². The summed E-state index contributed by atoms with van der Waals surface area (Å²) >= 11 is 3.36. The molecule has 0 saturated heterocycles. The van der Waals surface area contributed by atoms with Gasteiger partial charge in [0.2, 0.25) is 5.89 Å². The number of hydrogen-bond donors (Lipinski definition) is 0. The number of ether oxygens (including phenoxy) is 1. The summed E-state index contributed by atoms with van der Waals surface area (Å²) in [5.74, 6) is 0.810. The van der Waals surface area contributed by atoms with Crippen molar-refractivity contribution in [2.24, 2.45) is 0 Å². The van der Waals surface area contributed by atoms with Crippen LogP contribution in [0.5, 0.6) is 5.75 Å². The first-order chi connectivity index (χ1) is 10.2. The van der Waals surface area contributed by atoms with Gasteiger partial charge in [0.25, 0.3) is 5.89 Å². The third-order valence-electron chi connectivity index (χ3n) is 2.72. The maximum atomic E-state index is 13.0. The molecule has 1 heterocycles. The van der Waals surface area contributed by atoms with Crippen LogP contribution in [0, 0.1) is 5.82 Å². The minimum atomic E-state index is -0.353. The van der Waals surface area contributed by atoms with E-state index >= 15 is 0 Å². The quantitative estimate of drug-likeness (QED) is 0.708. The fourth-order valence-electron chi connectivity index (χ4n) is 1.72. The molecule has 0 N–H and O–H groups in total. The van der Waals surface area contributed by atoms with Gasteiger partial charge in [0.05, 0.1) is 0 Å². The van der Waals surface area contributed by atoms with Crippen molar-refractivity contribution in [2.75, 3.05) is 0 Å². The maximum Gasteiger partial charge on any atom is 0.254 e. The van der Waals surface area contributed by atoms with E-state index in [9.17, 15) is 4.39 Å². The molecule has 0 aliphatic heterocycles. The average Bonchev–Trinajstić information content (AvgIpc) is 2.95. The zero-order chi connectivity index (χ0) is 14.7. The molecule has 4 nitrogen and oxygen atoms in total. The molecule has 106 valence electrons. The molecule has 0 unspecified atom stereocenters. The molecular weight excluding hydrogens is 339 g/mol. The molecule has 3 aromatic rings. The van der Waals surface area contributed by atoms with Gasteiger partial charge in [-0.1, -0.05) is 22.0 Å². The van der Waals surface area contributed by atoms with Gasteiger partial charge in [-0.25, -0.2) is 4.39 Å². The van der Waals surface area contributed by atoms with E-state index in [-0.39, 0.29) is 12.4 Å². The lowest BCUT2D eigenvalue weighted by Gasteiger charge is -2.02. The Hall–Kier alpha value is -2.21. The fourth-order valence-corrected chi connectivity index (χ4v) is 1.99. The monoisotopic (exact) mass is 348 g/mol. The van der Waals surface area contributed by atoms with E-state index in [2.05, 4.69) is 26.1 Å². The fraction of sp³-hybridized carbons (Fsp3) is 0.0667. The number of nitrogens with zero attached hydrogens (tertiary/aromatic N) is 2. The second-order valence-electron chi connectivity index (χ2n) is 4.25. The number of aromatic nitrogens is 2. The van der Waals surface area contributed by atoms with Crippen LogP contribution in [-0.2, 0) is 6.61 Å². The number of hydrogen-bond acceptors (Lipinski definition) is 4. The third-order valence-corrected chi connectivity index (χ3v) is 3.25. The Morgan fingerprint density at radius 3 is 2.67 bits per heavy atom. The SMILES string of the molecule is Fc1cccc(OCc2nnc(-c3ccc(Br)cc3)o2)c1. The first-order valence-electron chi connectivity index (χ1n) is 6.17. The van der Waals surface area contributed by atoms with Crippen molar-refractivity contribution in [3.05, 3.63) is 64.7 Å². The third kappa shape index (κ3) is 3.46. The van der Waals surface area contributed by atoms with Crippen molar-refractivity contribution in [1.82, 2.24) is 10.2 Å². The zero-order valence-electron chi connectivity index (χ0n) is 10.8. The minimum absolute atomic E-state index is 0.0903. The van der Waals surface area contributed by atoms with Crippen molar-refractivity contribution in [3.8, 4) is 17.2 Å². The number of halogens is 2. The van der Waals surface area contributed by atoms with Gasteiger partial charge in [0.15, 0.2) is 6.61 Å². The Morgan fingerprint density at radius 1 is 1.10 bits per heavy atom. The Morgan fingerprint density at radius 2 is 1.90 bits per heavy atom. The molecule has 2 aromatic carbocycles. The lowest BCUT2D eigenvalue weighted by molar-refractivity contribution is 0.263. The van der Waals surface area contributed by atoms with Crippen molar-refractivity contribution in [1.29, 1.82) is 0 Å². The normalized spacial score (nSPS) is 10.6. The first-order valence-corrected chi connectivity index (χ1v) is 6.97. The van der Waals surface area contributed by atoms with Crippen LogP contribution in [0.25, 0.3) is 11.5 Å². The molecule has 0 radical (unpaired) electrons. The van der Waals surface area contributed by atoms with Crippen LogP contribution >= 0.6 is 15.9 Å². The average molecular weight is 349 g/mol. The first kappa shape index (κ1) is 13.8. The molecule has 0 fully saturated rings. The smallest absolute Gasteiger partial charge is 0.254 e. The zero-order valence-corrected chi connectivity index (χ0v) is 12.4. The van der Waals surface area contributed by atoms with Crippen LogP contribution in [0.4, 0.5) is 4.39 Å². The number of rotatable bonds is 4. The topological polar surface area (TPSA) is 48.2 Å². The Balaban J connectivity index is 1.69. The molecule has 3 rings (SSSR count). The van der Waals surface area contributed by atoms with Crippen molar-refractivity contribution < 1.29 is 13.5 Å². The van der Waals surface area contributed by atoms with E-state index in [1.165, 1.54) is 12.1 Å². The standard InChI is InChI=1S/C15H10BrFN2O2/c16-11-6-4-10(5-7-11)15-19-18-14(21-15)9-20-13-3-1-2-12(17)8-13/h1-8H,9H2. The van der Waals surface area contributed by atoms with Gasteiger partial charge in [0, 0.05) is 16.1 Å². The molecule has 6 heteroatoms. The highest BCUT2D eigenvalue weighted by molar-refractivity contribution is 9.10. The highest BCUT2D eigenvalue weighted by atomic mass is 79.9. The van der Waals surface area contributed by atoms with Gasteiger partial charge in [-0.05, 0) is 36.4 Å². The summed E-state index contributed by atoms with van der Waals surface area (Å²) in [6.45, 7) is 0.0903. The van der Waals surface area contributed by atoms with Gasteiger partial charge < -0.3 is 9.15 Å². The van der Waals surface area contributed by atoms with Crippen LogP contribution in [0.3, 0.4) is 0 Å². The van der Waals surface area contributed by atoms with E-state index < -0.39 is 0 Å². The summed E-state index contributed by atoms with van der Waals surface area (Å²) in [4.78, 5) is 0. The Labute approximate surface area is 128 Å². The van der Waals surface area contributed by atoms with Crippen molar-refractivity contribution in [2.45, 2.75) is 6.61 Å². The minimum Gasteiger partial charge on any atom is -0.484 e. The van der Waals surface area contributed by atoms with Crippen molar-refractivity contribution >= 4 is 15.9 Å². The van der Waals surface area contributed by atoms with Crippen LogP contribution in [0.2, 0.25) is 0 Å². The second-order valence-corrected chi connectivity index (χ2v) is 5.17. The Bertz CT molecular complexity index is 743.